The highest BCUT2D eigenvalue weighted by atomic mass is 32.1. The minimum absolute atomic E-state index is 0.856. The minimum atomic E-state index is 0.856. The molecule has 0 radical (unpaired) electrons. The molecule has 0 saturated heterocycles. The molecule has 2 nitrogen and oxygen atoms in total. The summed E-state index contributed by atoms with van der Waals surface area (Å²) in [5, 5.41) is 0. The van der Waals surface area contributed by atoms with Crippen LogP contribution in [0.1, 0.15) is 0 Å². The average Bonchev–Trinajstić information content (AvgIpc) is 2.86. The van der Waals surface area contributed by atoms with Crippen molar-refractivity contribution in [2.75, 3.05) is 7.11 Å². The molecular weight excluding hydrogens is 230 g/mol. The van der Waals surface area contributed by atoms with Crippen LogP contribution < -0.4 is 4.74 Å². The lowest BCUT2D eigenvalue weighted by Crippen LogP contribution is -1.89. The van der Waals surface area contributed by atoms with Gasteiger partial charge in [-0.2, -0.15) is 0 Å². The molecule has 0 fully saturated rings. The van der Waals surface area contributed by atoms with Gasteiger partial charge >= 0.3 is 0 Å². The summed E-state index contributed by atoms with van der Waals surface area (Å²) in [5.74, 6) is 0.856. The molecule has 0 unspecified atom stereocenters. The average molecular weight is 241 g/mol. The maximum atomic E-state index is 5.52. The van der Waals surface area contributed by atoms with E-state index in [1.54, 1.807) is 18.4 Å². The standard InChI is InChI=1S/C14H11NOS/c1-16-14-11(10-5-3-2-4-6-10)7-8-12-13(14)15-9-17-12/h2-9H,1H3. The first kappa shape index (κ1) is 10.3. The molecule has 0 aliphatic heterocycles. The number of benzene rings is 2. The Hall–Kier alpha value is -1.87. The Kier molecular flexibility index (Phi) is 2.53. The van der Waals surface area contributed by atoms with Gasteiger partial charge in [0.15, 0.2) is 5.75 Å². The van der Waals surface area contributed by atoms with Crippen molar-refractivity contribution in [3.63, 3.8) is 0 Å². The third-order valence-electron chi connectivity index (χ3n) is 2.74. The molecule has 0 saturated carbocycles. The zero-order valence-corrected chi connectivity index (χ0v) is 10.2. The largest absolute Gasteiger partial charge is 0.494 e. The number of fused-ring (bicyclic) bond motifs is 1. The highest BCUT2D eigenvalue weighted by molar-refractivity contribution is 7.16. The van der Waals surface area contributed by atoms with Crippen LogP contribution in [0.15, 0.2) is 48.0 Å². The fourth-order valence-corrected chi connectivity index (χ4v) is 2.63. The van der Waals surface area contributed by atoms with Crippen molar-refractivity contribution in [2.45, 2.75) is 0 Å². The summed E-state index contributed by atoms with van der Waals surface area (Å²) in [5.41, 5.74) is 5.03. The van der Waals surface area contributed by atoms with Gasteiger partial charge in [-0.15, -0.1) is 11.3 Å². The van der Waals surface area contributed by atoms with Crippen LogP contribution in [0.2, 0.25) is 0 Å². The van der Waals surface area contributed by atoms with E-state index in [0.29, 0.717) is 0 Å². The number of rotatable bonds is 2. The van der Waals surface area contributed by atoms with E-state index in [4.69, 9.17) is 4.74 Å². The van der Waals surface area contributed by atoms with Crippen molar-refractivity contribution in [2.24, 2.45) is 0 Å². The van der Waals surface area contributed by atoms with Crippen LogP contribution in [-0.4, -0.2) is 12.1 Å². The van der Waals surface area contributed by atoms with Crippen molar-refractivity contribution < 1.29 is 4.74 Å². The van der Waals surface area contributed by atoms with Gasteiger partial charge in [0.05, 0.1) is 17.3 Å². The number of nitrogens with zero attached hydrogens (tertiary/aromatic N) is 1. The third kappa shape index (κ3) is 1.68. The summed E-state index contributed by atoms with van der Waals surface area (Å²) in [6.45, 7) is 0. The predicted octanol–water partition coefficient (Wildman–Crippen LogP) is 3.97. The van der Waals surface area contributed by atoms with Gasteiger partial charge < -0.3 is 4.74 Å². The molecule has 0 bridgehead atoms. The lowest BCUT2D eigenvalue weighted by Gasteiger charge is -2.08. The second-order valence-electron chi connectivity index (χ2n) is 3.71. The van der Waals surface area contributed by atoms with Gasteiger partial charge in [0, 0.05) is 5.56 Å². The van der Waals surface area contributed by atoms with Crippen LogP contribution in [0.25, 0.3) is 21.3 Å². The van der Waals surface area contributed by atoms with E-state index >= 15 is 0 Å². The molecule has 84 valence electrons. The van der Waals surface area contributed by atoms with Gasteiger partial charge in [0.25, 0.3) is 0 Å². The lowest BCUT2D eigenvalue weighted by atomic mass is 10.0. The highest BCUT2D eigenvalue weighted by Crippen LogP contribution is 2.37. The molecule has 0 N–H and O–H groups in total. The van der Waals surface area contributed by atoms with Gasteiger partial charge in [-0.05, 0) is 17.7 Å². The summed E-state index contributed by atoms with van der Waals surface area (Å²) in [7, 11) is 1.69. The summed E-state index contributed by atoms with van der Waals surface area (Å²) in [6.07, 6.45) is 0. The summed E-state index contributed by atoms with van der Waals surface area (Å²) < 4.78 is 6.67. The first-order chi connectivity index (χ1) is 8.40. The fraction of sp³-hybridized carbons (Fsp3) is 0.0714. The fourth-order valence-electron chi connectivity index (χ4n) is 1.96. The second-order valence-corrected chi connectivity index (χ2v) is 4.60. The Labute approximate surface area is 104 Å². The zero-order valence-electron chi connectivity index (χ0n) is 9.38. The van der Waals surface area contributed by atoms with Gasteiger partial charge in [-0.3, -0.25) is 0 Å². The number of methoxy groups -OCH3 is 1. The Bertz CT molecular complexity index is 646. The number of hydrogen-bond acceptors (Lipinski definition) is 3. The first-order valence-corrected chi connectivity index (χ1v) is 6.24. The molecule has 3 rings (SSSR count). The SMILES string of the molecule is COc1c(-c2ccccc2)ccc2scnc12. The van der Waals surface area contributed by atoms with Gasteiger partial charge in [0.2, 0.25) is 0 Å². The molecule has 2 aromatic carbocycles. The van der Waals surface area contributed by atoms with Crippen molar-refractivity contribution >= 4 is 21.6 Å². The molecular formula is C14H11NOS. The zero-order chi connectivity index (χ0) is 11.7. The molecule has 0 atom stereocenters. The van der Waals surface area contributed by atoms with Crippen LogP contribution in [0.5, 0.6) is 5.75 Å². The van der Waals surface area contributed by atoms with Crippen molar-refractivity contribution in [1.29, 1.82) is 0 Å². The lowest BCUT2D eigenvalue weighted by molar-refractivity contribution is 0.420. The van der Waals surface area contributed by atoms with Crippen molar-refractivity contribution in [1.82, 2.24) is 4.98 Å². The molecule has 1 heterocycles. The molecule has 0 amide bonds. The molecule has 1 aromatic heterocycles. The molecule has 3 heteroatoms. The van der Waals surface area contributed by atoms with Gasteiger partial charge in [-0.1, -0.05) is 30.3 Å². The number of thiazole rings is 1. The van der Waals surface area contributed by atoms with Crippen LogP contribution >= 0.6 is 11.3 Å². The maximum Gasteiger partial charge on any atom is 0.153 e. The molecule has 3 aromatic rings. The quantitative estimate of drug-likeness (QED) is 0.677. The molecule has 0 aliphatic rings. The Morgan fingerprint density at radius 2 is 1.88 bits per heavy atom. The van der Waals surface area contributed by atoms with Crippen LogP contribution in [-0.2, 0) is 0 Å². The van der Waals surface area contributed by atoms with Crippen LogP contribution in [0, 0.1) is 0 Å². The van der Waals surface area contributed by atoms with E-state index in [-0.39, 0.29) is 0 Å². The monoisotopic (exact) mass is 241 g/mol. The maximum absolute atomic E-state index is 5.52. The van der Waals surface area contributed by atoms with Crippen LogP contribution in [0.3, 0.4) is 0 Å². The summed E-state index contributed by atoms with van der Waals surface area (Å²) >= 11 is 1.63. The van der Waals surface area contributed by atoms with Crippen LogP contribution in [0.4, 0.5) is 0 Å². The van der Waals surface area contributed by atoms with E-state index in [1.165, 1.54) is 0 Å². The topological polar surface area (TPSA) is 22.1 Å². The number of ether oxygens (including phenoxy) is 1. The van der Waals surface area contributed by atoms with Crippen molar-refractivity contribution in [3.05, 3.63) is 48.0 Å². The van der Waals surface area contributed by atoms with Gasteiger partial charge in [-0.25, -0.2) is 4.98 Å². The summed E-state index contributed by atoms with van der Waals surface area (Å²) in [6, 6.07) is 14.4. The second kappa shape index (κ2) is 4.18. The van der Waals surface area contributed by atoms with E-state index in [2.05, 4.69) is 29.2 Å². The van der Waals surface area contributed by atoms with E-state index in [0.717, 1.165) is 27.1 Å². The highest BCUT2D eigenvalue weighted by Gasteiger charge is 2.11. The van der Waals surface area contributed by atoms with Gasteiger partial charge in [0.1, 0.15) is 5.52 Å². The summed E-state index contributed by atoms with van der Waals surface area (Å²) in [4.78, 5) is 4.37. The predicted molar refractivity (Wildman–Crippen MR) is 71.6 cm³/mol. The number of hydrogen-bond donors (Lipinski definition) is 0. The van der Waals surface area contributed by atoms with Crippen molar-refractivity contribution in [3.8, 4) is 16.9 Å². The Morgan fingerprint density at radius 3 is 2.65 bits per heavy atom. The van der Waals surface area contributed by atoms with E-state index < -0.39 is 0 Å². The molecule has 0 aliphatic carbocycles. The van der Waals surface area contributed by atoms with E-state index in [1.807, 2.05) is 23.7 Å². The molecule has 0 spiro atoms. The first-order valence-electron chi connectivity index (χ1n) is 5.36. The van der Waals surface area contributed by atoms with E-state index in [9.17, 15) is 0 Å². The number of aromatic nitrogens is 1. The minimum Gasteiger partial charge on any atom is -0.494 e. The smallest absolute Gasteiger partial charge is 0.153 e. The third-order valence-corrected chi connectivity index (χ3v) is 3.54. The Balaban J connectivity index is 2.29. The Morgan fingerprint density at radius 1 is 1.06 bits per heavy atom. The normalized spacial score (nSPS) is 10.6. The molecule has 17 heavy (non-hydrogen) atoms.